The monoisotopic (exact) mass is 284 g/mol. The third kappa shape index (κ3) is 3.49. The van der Waals surface area contributed by atoms with Gasteiger partial charge in [-0.25, -0.2) is 0 Å². The van der Waals surface area contributed by atoms with E-state index in [-0.39, 0.29) is 0 Å². The Hall–Kier alpha value is -0.540. The summed E-state index contributed by atoms with van der Waals surface area (Å²) >= 11 is 3.49. The molecule has 0 bridgehead atoms. The summed E-state index contributed by atoms with van der Waals surface area (Å²) in [7, 11) is 0. The minimum atomic E-state index is 0.596. The number of anilines is 1. The molecule has 0 aliphatic heterocycles. The molecule has 1 aromatic carbocycles. The van der Waals surface area contributed by atoms with Crippen LogP contribution in [0, 0.1) is 0 Å². The maximum atomic E-state index is 5.80. The van der Waals surface area contributed by atoms with Crippen LogP contribution in [-0.4, -0.2) is 13.1 Å². The average molecular weight is 285 g/mol. The van der Waals surface area contributed by atoms with Crippen molar-refractivity contribution in [1.82, 2.24) is 0 Å². The largest absolute Gasteiger partial charge is 0.371 e. The van der Waals surface area contributed by atoms with Crippen molar-refractivity contribution in [1.29, 1.82) is 0 Å². The van der Waals surface area contributed by atoms with E-state index in [2.05, 4.69) is 52.9 Å². The van der Waals surface area contributed by atoms with Gasteiger partial charge < -0.3 is 10.6 Å². The first kappa shape index (κ1) is 13.5. The molecule has 0 heterocycles. The summed E-state index contributed by atoms with van der Waals surface area (Å²) in [5.74, 6) is 0. The lowest BCUT2D eigenvalue weighted by Crippen LogP contribution is -2.26. The Morgan fingerprint density at radius 3 is 2.31 bits per heavy atom. The standard InChI is InChI=1S/C13H21BrN2/c1-3-7-16(8-4-2)13-6-5-12(14)9-11(13)10-15/h5-6,9H,3-4,7-8,10,15H2,1-2H3. The zero-order valence-corrected chi connectivity index (χ0v) is 11.8. The molecule has 0 aliphatic carbocycles. The van der Waals surface area contributed by atoms with Gasteiger partial charge in [-0.05, 0) is 36.6 Å². The molecule has 0 unspecified atom stereocenters. The van der Waals surface area contributed by atoms with Crippen molar-refractivity contribution in [2.75, 3.05) is 18.0 Å². The molecule has 0 saturated heterocycles. The summed E-state index contributed by atoms with van der Waals surface area (Å²) in [5.41, 5.74) is 8.31. The van der Waals surface area contributed by atoms with Crippen LogP contribution in [0.5, 0.6) is 0 Å². The lowest BCUT2D eigenvalue weighted by atomic mass is 10.1. The molecule has 0 aromatic heterocycles. The zero-order valence-electron chi connectivity index (χ0n) is 10.2. The first-order chi connectivity index (χ1) is 7.72. The molecular weight excluding hydrogens is 264 g/mol. The van der Waals surface area contributed by atoms with Gasteiger partial charge in [-0.15, -0.1) is 0 Å². The Labute approximate surface area is 107 Å². The van der Waals surface area contributed by atoms with Crippen molar-refractivity contribution in [3.05, 3.63) is 28.2 Å². The minimum Gasteiger partial charge on any atom is -0.371 e. The van der Waals surface area contributed by atoms with E-state index >= 15 is 0 Å². The van der Waals surface area contributed by atoms with Gasteiger partial charge in [0.05, 0.1) is 0 Å². The second-order valence-corrected chi connectivity index (χ2v) is 4.88. The van der Waals surface area contributed by atoms with Crippen molar-refractivity contribution >= 4 is 21.6 Å². The molecule has 0 radical (unpaired) electrons. The fourth-order valence-corrected chi connectivity index (χ4v) is 2.33. The molecule has 16 heavy (non-hydrogen) atoms. The quantitative estimate of drug-likeness (QED) is 0.866. The van der Waals surface area contributed by atoms with Gasteiger partial charge in [-0.2, -0.15) is 0 Å². The van der Waals surface area contributed by atoms with Crippen LogP contribution in [-0.2, 0) is 6.54 Å². The number of hydrogen-bond acceptors (Lipinski definition) is 2. The van der Waals surface area contributed by atoms with Crippen LogP contribution in [0.1, 0.15) is 32.3 Å². The molecule has 1 rings (SSSR count). The summed E-state index contributed by atoms with van der Waals surface area (Å²) in [6.45, 7) is 7.22. The molecule has 0 atom stereocenters. The van der Waals surface area contributed by atoms with E-state index in [9.17, 15) is 0 Å². The highest BCUT2D eigenvalue weighted by molar-refractivity contribution is 9.10. The summed E-state index contributed by atoms with van der Waals surface area (Å²) in [4.78, 5) is 2.43. The molecule has 0 amide bonds. The Kier molecular flexibility index (Phi) is 5.85. The van der Waals surface area contributed by atoms with E-state index in [1.165, 1.54) is 24.1 Å². The molecule has 0 aliphatic rings. The van der Waals surface area contributed by atoms with Gasteiger partial charge in [-0.1, -0.05) is 29.8 Å². The number of nitrogens with two attached hydrogens (primary N) is 1. The van der Waals surface area contributed by atoms with Crippen molar-refractivity contribution < 1.29 is 0 Å². The molecular formula is C13H21BrN2. The van der Waals surface area contributed by atoms with E-state index in [0.717, 1.165) is 17.6 Å². The van der Waals surface area contributed by atoms with Crippen molar-refractivity contribution in [2.45, 2.75) is 33.2 Å². The van der Waals surface area contributed by atoms with Crippen LogP contribution in [0.15, 0.2) is 22.7 Å². The summed E-state index contributed by atoms with van der Waals surface area (Å²) in [6.07, 6.45) is 2.33. The SMILES string of the molecule is CCCN(CCC)c1ccc(Br)cc1CN. The van der Waals surface area contributed by atoms with Gasteiger partial charge in [0.2, 0.25) is 0 Å². The van der Waals surface area contributed by atoms with Gasteiger partial charge in [0.1, 0.15) is 0 Å². The minimum absolute atomic E-state index is 0.596. The predicted molar refractivity (Wildman–Crippen MR) is 74.8 cm³/mol. The lowest BCUT2D eigenvalue weighted by Gasteiger charge is -2.26. The van der Waals surface area contributed by atoms with Crippen LogP contribution in [0.4, 0.5) is 5.69 Å². The Bertz CT molecular complexity index is 320. The third-order valence-corrected chi connectivity index (χ3v) is 3.08. The lowest BCUT2D eigenvalue weighted by molar-refractivity contribution is 0.740. The molecule has 2 N–H and O–H groups in total. The average Bonchev–Trinajstić information content (AvgIpc) is 2.28. The Morgan fingerprint density at radius 1 is 1.19 bits per heavy atom. The number of rotatable bonds is 6. The van der Waals surface area contributed by atoms with Gasteiger partial charge in [0, 0.05) is 29.8 Å². The molecule has 90 valence electrons. The second-order valence-electron chi connectivity index (χ2n) is 3.96. The van der Waals surface area contributed by atoms with E-state index < -0.39 is 0 Å². The van der Waals surface area contributed by atoms with Gasteiger partial charge in [0.25, 0.3) is 0 Å². The molecule has 2 nitrogen and oxygen atoms in total. The van der Waals surface area contributed by atoms with E-state index in [1.807, 2.05) is 0 Å². The molecule has 3 heteroatoms. The molecule has 0 fully saturated rings. The summed E-state index contributed by atoms with van der Waals surface area (Å²) in [5, 5.41) is 0. The summed E-state index contributed by atoms with van der Waals surface area (Å²) < 4.78 is 1.10. The highest BCUT2D eigenvalue weighted by Gasteiger charge is 2.09. The van der Waals surface area contributed by atoms with Crippen LogP contribution in [0.25, 0.3) is 0 Å². The van der Waals surface area contributed by atoms with Crippen molar-refractivity contribution in [3.8, 4) is 0 Å². The van der Waals surface area contributed by atoms with Crippen LogP contribution >= 0.6 is 15.9 Å². The van der Waals surface area contributed by atoms with Crippen LogP contribution < -0.4 is 10.6 Å². The number of benzene rings is 1. The van der Waals surface area contributed by atoms with Crippen LogP contribution in [0.3, 0.4) is 0 Å². The first-order valence-electron chi connectivity index (χ1n) is 5.96. The Morgan fingerprint density at radius 2 is 1.81 bits per heavy atom. The third-order valence-electron chi connectivity index (χ3n) is 2.59. The topological polar surface area (TPSA) is 29.3 Å². The van der Waals surface area contributed by atoms with E-state index in [4.69, 9.17) is 5.73 Å². The number of halogens is 1. The first-order valence-corrected chi connectivity index (χ1v) is 6.75. The van der Waals surface area contributed by atoms with Crippen molar-refractivity contribution in [2.24, 2.45) is 5.73 Å². The zero-order chi connectivity index (χ0) is 12.0. The highest BCUT2D eigenvalue weighted by atomic mass is 79.9. The van der Waals surface area contributed by atoms with Gasteiger partial charge in [0.15, 0.2) is 0 Å². The second kappa shape index (κ2) is 6.92. The van der Waals surface area contributed by atoms with Crippen LogP contribution in [0.2, 0.25) is 0 Å². The smallest absolute Gasteiger partial charge is 0.0412 e. The van der Waals surface area contributed by atoms with E-state index in [0.29, 0.717) is 6.54 Å². The summed E-state index contributed by atoms with van der Waals surface area (Å²) in [6, 6.07) is 6.37. The van der Waals surface area contributed by atoms with Gasteiger partial charge >= 0.3 is 0 Å². The molecule has 0 spiro atoms. The highest BCUT2D eigenvalue weighted by Crippen LogP contribution is 2.24. The normalized spacial score (nSPS) is 10.5. The Balaban J connectivity index is 2.97. The fourth-order valence-electron chi connectivity index (χ4n) is 1.92. The maximum absolute atomic E-state index is 5.80. The predicted octanol–water partition coefficient (Wildman–Crippen LogP) is 3.53. The fraction of sp³-hybridized carbons (Fsp3) is 0.538. The molecule has 0 saturated carbocycles. The van der Waals surface area contributed by atoms with E-state index in [1.54, 1.807) is 0 Å². The molecule has 1 aromatic rings. The number of hydrogen-bond donors (Lipinski definition) is 1. The maximum Gasteiger partial charge on any atom is 0.0412 e. The van der Waals surface area contributed by atoms with Crippen molar-refractivity contribution in [3.63, 3.8) is 0 Å². The van der Waals surface area contributed by atoms with Gasteiger partial charge in [-0.3, -0.25) is 0 Å². The number of nitrogens with zero attached hydrogens (tertiary/aromatic N) is 1.